The highest BCUT2D eigenvalue weighted by Crippen LogP contribution is 2.29. The van der Waals surface area contributed by atoms with Crippen molar-refractivity contribution < 1.29 is 46.3 Å². The van der Waals surface area contributed by atoms with Gasteiger partial charge in [-0.3, -0.25) is 4.79 Å². The molecule has 3 rings (SSSR count). The van der Waals surface area contributed by atoms with Crippen molar-refractivity contribution in [2.75, 3.05) is 27.4 Å². The molecule has 2 aromatic carbocycles. The van der Waals surface area contributed by atoms with E-state index in [2.05, 4.69) is 23.9 Å². The van der Waals surface area contributed by atoms with E-state index in [4.69, 9.17) is 18.9 Å². The van der Waals surface area contributed by atoms with Crippen molar-refractivity contribution in [1.29, 1.82) is 0 Å². The summed E-state index contributed by atoms with van der Waals surface area (Å²) in [7, 11) is -1.07. The van der Waals surface area contributed by atoms with Crippen LogP contribution in [0.3, 0.4) is 0 Å². The standard InChI is InChI=1S/C47H70N4O9S/c1-6-9-10-11-12-13-14-15-16-17-18-19-28-40(25-7-2)49-61(55,56)43-31-22-27-39(44(43)58-5)35-48-46(53)59-33-24-34-60-47(54)51(37-38-26-23-32-50(8-3)36-38)45(52)41-29-20-21-30-42(41)57-4/h20-23,26-27,29-32,36,40,49H,6-19,24-25,28,33-35,37H2,1-5H3/p+1. The number of sulfonamides is 1. The normalized spacial score (nSPS) is 11.8. The van der Waals surface area contributed by atoms with Gasteiger partial charge in [-0.25, -0.2) is 32.2 Å². The first-order valence-electron chi connectivity index (χ1n) is 22.3. The number of pyridine rings is 1. The molecule has 338 valence electrons. The Balaban J connectivity index is 1.47. The smallest absolute Gasteiger partial charge is 0.417 e. The zero-order valence-corrected chi connectivity index (χ0v) is 38.1. The van der Waals surface area contributed by atoms with Crippen LogP contribution in [0.1, 0.15) is 145 Å². The van der Waals surface area contributed by atoms with Crippen molar-refractivity contribution >= 4 is 28.1 Å². The molecule has 0 bridgehead atoms. The van der Waals surface area contributed by atoms with E-state index in [1.807, 2.05) is 36.0 Å². The summed E-state index contributed by atoms with van der Waals surface area (Å²) in [5, 5.41) is 2.65. The maximum atomic E-state index is 13.7. The fourth-order valence-electron chi connectivity index (χ4n) is 7.18. The van der Waals surface area contributed by atoms with Crippen LogP contribution in [0.25, 0.3) is 0 Å². The molecule has 14 heteroatoms. The van der Waals surface area contributed by atoms with Crippen molar-refractivity contribution in [1.82, 2.24) is 14.9 Å². The van der Waals surface area contributed by atoms with Gasteiger partial charge in [0.25, 0.3) is 5.91 Å². The minimum Gasteiger partial charge on any atom is -0.496 e. The van der Waals surface area contributed by atoms with Crippen LogP contribution in [-0.2, 0) is 39.1 Å². The van der Waals surface area contributed by atoms with Gasteiger partial charge in [-0.15, -0.1) is 0 Å². The van der Waals surface area contributed by atoms with E-state index in [0.29, 0.717) is 17.9 Å². The van der Waals surface area contributed by atoms with Crippen LogP contribution in [0.15, 0.2) is 71.9 Å². The average Bonchev–Trinajstić information content (AvgIpc) is 3.27. The lowest BCUT2D eigenvalue weighted by atomic mass is 10.0. The molecule has 0 spiro atoms. The van der Waals surface area contributed by atoms with Gasteiger partial charge in [0.05, 0.1) is 39.5 Å². The number of nitrogens with zero attached hydrogens (tertiary/aromatic N) is 2. The SMILES string of the molecule is CCCCCCCCCCCCCCC(CCC)NS(=O)(=O)c1cccc(CNC(=O)OCCCOC(=O)N(Cc2ccc[n+](CC)c2)C(=O)c2ccccc2OC)c1OC. The van der Waals surface area contributed by atoms with E-state index in [1.54, 1.807) is 36.4 Å². The Morgan fingerprint density at radius 2 is 1.39 bits per heavy atom. The lowest BCUT2D eigenvalue weighted by Gasteiger charge is -2.21. The van der Waals surface area contributed by atoms with E-state index >= 15 is 0 Å². The fourth-order valence-corrected chi connectivity index (χ4v) is 8.70. The number of para-hydroxylation sites is 2. The van der Waals surface area contributed by atoms with Gasteiger partial charge in [0.1, 0.15) is 22.9 Å². The van der Waals surface area contributed by atoms with E-state index in [9.17, 15) is 22.8 Å². The molecule has 1 aromatic heterocycles. The number of aryl methyl sites for hydroxylation is 1. The van der Waals surface area contributed by atoms with Gasteiger partial charge < -0.3 is 24.3 Å². The number of unbranched alkanes of at least 4 members (excludes halogenated alkanes) is 11. The number of methoxy groups -OCH3 is 2. The van der Waals surface area contributed by atoms with Gasteiger partial charge in [-0.1, -0.05) is 122 Å². The monoisotopic (exact) mass is 867 g/mol. The van der Waals surface area contributed by atoms with Crippen molar-refractivity contribution in [2.24, 2.45) is 0 Å². The van der Waals surface area contributed by atoms with Crippen LogP contribution < -0.4 is 24.1 Å². The summed E-state index contributed by atoms with van der Waals surface area (Å²) in [6, 6.07) is 14.9. The summed E-state index contributed by atoms with van der Waals surface area (Å²) in [4.78, 5) is 40.6. The van der Waals surface area contributed by atoms with Crippen molar-refractivity contribution in [3.05, 3.63) is 83.7 Å². The minimum atomic E-state index is -3.92. The number of hydrogen-bond donors (Lipinski definition) is 2. The Hall–Kier alpha value is -4.69. The van der Waals surface area contributed by atoms with Crippen LogP contribution in [0.5, 0.6) is 11.5 Å². The number of aromatic nitrogens is 1. The van der Waals surface area contributed by atoms with E-state index in [-0.39, 0.29) is 55.0 Å². The van der Waals surface area contributed by atoms with Crippen LogP contribution in [0.2, 0.25) is 0 Å². The van der Waals surface area contributed by atoms with Crippen LogP contribution in [0.4, 0.5) is 9.59 Å². The number of carbonyl (C=O) groups is 3. The first-order chi connectivity index (χ1) is 29.6. The largest absolute Gasteiger partial charge is 0.496 e. The minimum absolute atomic E-state index is 0.00957. The molecular formula is C47H71N4O9S+. The lowest BCUT2D eigenvalue weighted by molar-refractivity contribution is -0.694. The van der Waals surface area contributed by atoms with E-state index in [0.717, 1.165) is 42.6 Å². The second kappa shape index (κ2) is 28.8. The molecule has 1 atom stereocenters. The number of rotatable bonds is 30. The third-order valence-corrected chi connectivity index (χ3v) is 12.1. The molecule has 0 aliphatic rings. The Bertz CT molecular complexity index is 1870. The maximum Gasteiger partial charge on any atom is 0.417 e. The highest BCUT2D eigenvalue weighted by atomic mass is 32.2. The predicted octanol–water partition coefficient (Wildman–Crippen LogP) is 9.64. The summed E-state index contributed by atoms with van der Waals surface area (Å²) >= 11 is 0. The molecule has 0 radical (unpaired) electrons. The number of nitrogens with one attached hydrogen (secondary N) is 2. The Morgan fingerprint density at radius 3 is 2.05 bits per heavy atom. The molecule has 0 aliphatic carbocycles. The molecule has 0 fully saturated rings. The Morgan fingerprint density at radius 1 is 0.721 bits per heavy atom. The number of imide groups is 1. The van der Waals surface area contributed by atoms with E-state index in [1.165, 1.54) is 84.5 Å². The number of hydrogen-bond acceptors (Lipinski definition) is 9. The number of carbonyl (C=O) groups excluding carboxylic acids is 3. The first-order valence-corrected chi connectivity index (χ1v) is 23.7. The third-order valence-electron chi connectivity index (χ3n) is 10.5. The predicted molar refractivity (Wildman–Crippen MR) is 237 cm³/mol. The van der Waals surface area contributed by atoms with Gasteiger partial charge in [0.15, 0.2) is 12.4 Å². The molecule has 3 amide bonds. The van der Waals surface area contributed by atoms with Gasteiger partial charge >= 0.3 is 12.2 Å². The number of benzene rings is 2. The summed E-state index contributed by atoms with van der Waals surface area (Å²) in [6.07, 6.45) is 19.7. The first kappa shape index (κ1) is 50.7. The molecule has 13 nitrogen and oxygen atoms in total. The second-order valence-corrected chi connectivity index (χ2v) is 17.0. The second-order valence-electron chi connectivity index (χ2n) is 15.3. The quantitative estimate of drug-likeness (QED) is 0.0493. The molecule has 0 aliphatic heterocycles. The van der Waals surface area contributed by atoms with E-state index < -0.39 is 28.1 Å². The highest BCUT2D eigenvalue weighted by molar-refractivity contribution is 7.89. The van der Waals surface area contributed by atoms with Crippen molar-refractivity contribution in [2.45, 2.75) is 154 Å². The van der Waals surface area contributed by atoms with Crippen LogP contribution in [0, 0.1) is 0 Å². The average molecular weight is 868 g/mol. The zero-order valence-electron chi connectivity index (χ0n) is 37.3. The highest BCUT2D eigenvalue weighted by Gasteiger charge is 2.28. The molecule has 0 saturated heterocycles. The number of alkyl carbamates (subject to hydrolysis) is 1. The van der Waals surface area contributed by atoms with Gasteiger partial charge in [0, 0.05) is 36.2 Å². The van der Waals surface area contributed by atoms with Crippen LogP contribution >= 0.6 is 0 Å². The molecule has 1 heterocycles. The summed E-state index contributed by atoms with van der Waals surface area (Å²) in [5.41, 5.74) is 1.40. The molecule has 3 aromatic rings. The number of amides is 3. The summed E-state index contributed by atoms with van der Waals surface area (Å²) in [5.74, 6) is -0.108. The number of ether oxygens (including phenoxy) is 4. The third kappa shape index (κ3) is 18.1. The van der Waals surface area contributed by atoms with Gasteiger partial charge in [-0.2, -0.15) is 0 Å². The molecular weight excluding hydrogens is 797 g/mol. The van der Waals surface area contributed by atoms with Crippen molar-refractivity contribution in [3.63, 3.8) is 0 Å². The summed E-state index contributed by atoms with van der Waals surface area (Å²) < 4.78 is 54.0. The Labute approximate surface area is 364 Å². The van der Waals surface area contributed by atoms with Crippen LogP contribution in [-0.4, -0.2) is 64.9 Å². The summed E-state index contributed by atoms with van der Waals surface area (Å²) in [6.45, 7) is 6.72. The topological polar surface area (TPSA) is 153 Å². The maximum absolute atomic E-state index is 13.7. The fraction of sp³-hybridized carbons (Fsp3) is 0.574. The van der Waals surface area contributed by atoms with Crippen molar-refractivity contribution in [3.8, 4) is 11.5 Å². The molecule has 1 unspecified atom stereocenters. The molecule has 0 saturated carbocycles. The molecule has 2 N–H and O–H groups in total. The Kier molecular flexibility index (Phi) is 23.9. The zero-order chi connectivity index (χ0) is 44.3. The van der Waals surface area contributed by atoms with Gasteiger partial charge in [0.2, 0.25) is 10.0 Å². The van der Waals surface area contributed by atoms with Gasteiger partial charge in [-0.05, 0) is 44.0 Å². The molecule has 61 heavy (non-hydrogen) atoms. The lowest BCUT2D eigenvalue weighted by Crippen LogP contribution is -2.38.